The van der Waals surface area contributed by atoms with E-state index in [4.69, 9.17) is 0 Å². The number of aryl methyl sites for hydroxylation is 2. The van der Waals surface area contributed by atoms with Crippen molar-refractivity contribution in [3.8, 4) is 16.9 Å². The fraction of sp³-hybridized carbons (Fsp3) is 0.118. The summed E-state index contributed by atoms with van der Waals surface area (Å²) in [5.74, 6) is 0. The van der Waals surface area contributed by atoms with Crippen molar-refractivity contribution in [1.29, 1.82) is 0 Å². The van der Waals surface area contributed by atoms with Crippen LogP contribution in [0.2, 0.25) is 0 Å². The van der Waals surface area contributed by atoms with Gasteiger partial charge in [-0.1, -0.05) is 45.8 Å². The van der Waals surface area contributed by atoms with Crippen molar-refractivity contribution >= 4 is 15.9 Å². The van der Waals surface area contributed by atoms with Crippen LogP contribution in [0.3, 0.4) is 0 Å². The van der Waals surface area contributed by atoms with Gasteiger partial charge in [0.05, 0.1) is 17.1 Å². The molecule has 0 saturated heterocycles. The lowest BCUT2D eigenvalue weighted by Crippen LogP contribution is -1.99. The highest BCUT2D eigenvalue weighted by Gasteiger charge is 2.09. The maximum atomic E-state index is 4.61. The third-order valence-electron chi connectivity index (χ3n) is 3.25. The standard InChI is InChI=1S/C17H15BrN2/c1-12-3-5-14(6-4-12)17-11-13(2)19-20(17)16-9-7-15(18)8-10-16/h3-11H,1-2H3. The van der Waals surface area contributed by atoms with Crippen LogP contribution in [-0.4, -0.2) is 9.78 Å². The van der Waals surface area contributed by atoms with Gasteiger partial charge >= 0.3 is 0 Å². The van der Waals surface area contributed by atoms with Crippen LogP contribution in [0.5, 0.6) is 0 Å². The van der Waals surface area contributed by atoms with Crippen LogP contribution in [0.15, 0.2) is 59.1 Å². The highest BCUT2D eigenvalue weighted by Crippen LogP contribution is 2.25. The quantitative estimate of drug-likeness (QED) is 0.653. The maximum Gasteiger partial charge on any atom is 0.0743 e. The topological polar surface area (TPSA) is 17.8 Å². The number of aromatic nitrogens is 2. The number of hydrogen-bond donors (Lipinski definition) is 0. The highest BCUT2D eigenvalue weighted by atomic mass is 79.9. The predicted octanol–water partition coefficient (Wildman–Crippen LogP) is 4.92. The zero-order valence-electron chi connectivity index (χ0n) is 11.5. The van der Waals surface area contributed by atoms with Gasteiger partial charge in [0.25, 0.3) is 0 Å². The van der Waals surface area contributed by atoms with E-state index < -0.39 is 0 Å². The van der Waals surface area contributed by atoms with E-state index in [0.717, 1.165) is 21.5 Å². The number of benzene rings is 2. The molecule has 0 N–H and O–H groups in total. The van der Waals surface area contributed by atoms with Crippen molar-refractivity contribution in [1.82, 2.24) is 9.78 Å². The third-order valence-corrected chi connectivity index (χ3v) is 3.78. The van der Waals surface area contributed by atoms with E-state index in [1.54, 1.807) is 0 Å². The van der Waals surface area contributed by atoms with Crippen LogP contribution in [0.4, 0.5) is 0 Å². The molecule has 0 atom stereocenters. The van der Waals surface area contributed by atoms with Gasteiger partial charge in [-0.3, -0.25) is 0 Å². The summed E-state index contributed by atoms with van der Waals surface area (Å²) in [5.41, 5.74) is 5.64. The first-order valence-electron chi connectivity index (χ1n) is 6.53. The zero-order chi connectivity index (χ0) is 14.1. The Morgan fingerprint density at radius 3 is 2.20 bits per heavy atom. The second kappa shape index (κ2) is 5.25. The van der Waals surface area contributed by atoms with Crippen LogP contribution in [0.25, 0.3) is 16.9 Å². The fourth-order valence-electron chi connectivity index (χ4n) is 2.21. The van der Waals surface area contributed by atoms with Crippen molar-refractivity contribution in [2.24, 2.45) is 0 Å². The van der Waals surface area contributed by atoms with Gasteiger partial charge in [0.15, 0.2) is 0 Å². The van der Waals surface area contributed by atoms with Crippen molar-refractivity contribution in [2.45, 2.75) is 13.8 Å². The Morgan fingerprint density at radius 1 is 0.900 bits per heavy atom. The molecule has 0 aliphatic rings. The Kier molecular flexibility index (Phi) is 3.45. The van der Waals surface area contributed by atoms with Crippen molar-refractivity contribution < 1.29 is 0 Å². The maximum absolute atomic E-state index is 4.61. The first kappa shape index (κ1) is 13.1. The largest absolute Gasteiger partial charge is 0.233 e. The Labute approximate surface area is 127 Å². The average molecular weight is 327 g/mol. The third kappa shape index (κ3) is 2.54. The Hall–Kier alpha value is -1.87. The minimum Gasteiger partial charge on any atom is -0.233 e. The number of hydrogen-bond acceptors (Lipinski definition) is 1. The zero-order valence-corrected chi connectivity index (χ0v) is 13.1. The van der Waals surface area contributed by atoms with Gasteiger partial charge in [-0.05, 0) is 44.2 Å². The molecule has 0 spiro atoms. The lowest BCUT2D eigenvalue weighted by Gasteiger charge is -2.08. The fourth-order valence-corrected chi connectivity index (χ4v) is 2.47. The molecule has 1 heterocycles. The molecule has 0 saturated carbocycles. The first-order chi connectivity index (χ1) is 9.63. The van der Waals surface area contributed by atoms with E-state index >= 15 is 0 Å². The Bertz CT molecular complexity index is 662. The molecule has 0 amide bonds. The van der Waals surface area contributed by atoms with Gasteiger partial charge in [-0.15, -0.1) is 0 Å². The number of halogens is 1. The lowest BCUT2D eigenvalue weighted by atomic mass is 10.1. The van der Waals surface area contributed by atoms with Crippen LogP contribution >= 0.6 is 15.9 Å². The number of nitrogens with zero attached hydrogens (tertiary/aromatic N) is 2. The van der Waals surface area contributed by atoms with E-state index in [2.05, 4.69) is 70.4 Å². The molecule has 0 radical (unpaired) electrons. The molecular formula is C17H15BrN2. The molecule has 3 aromatic rings. The van der Waals surface area contributed by atoms with Gasteiger partial charge in [0, 0.05) is 10.0 Å². The summed E-state index contributed by atoms with van der Waals surface area (Å²) >= 11 is 3.46. The Balaban J connectivity index is 2.12. The van der Waals surface area contributed by atoms with Crippen LogP contribution in [0.1, 0.15) is 11.3 Å². The summed E-state index contributed by atoms with van der Waals surface area (Å²) in [5, 5.41) is 4.61. The lowest BCUT2D eigenvalue weighted by molar-refractivity contribution is 0.869. The molecule has 20 heavy (non-hydrogen) atoms. The highest BCUT2D eigenvalue weighted by molar-refractivity contribution is 9.10. The number of rotatable bonds is 2. The smallest absolute Gasteiger partial charge is 0.0743 e. The van der Waals surface area contributed by atoms with E-state index in [1.807, 2.05) is 23.7 Å². The van der Waals surface area contributed by atoms with E-state index in [9.17, 15) is 0 Å². The van der Waals surface area contributed by atoms with Crippen LogP contribution < -0.4 is 0 Å². The van der Waals surface area contributed by atoms with E-state index in [1.165, 1.54) is 11.1 Å². The monoisotopic (exact) mass is 326 g/mol. The summed E-state index contributed by atoms with van der Waals surface area (Å²) < 4.78 is 3.06. The molecule has 1 aromatic heterocycles. The van der Waals surface area contributed by atoms with Crippen LogP contribution in [0, 0.1) is 13.8 Å². The summed E-state index contributed by atoms with van der Waals surface area (Å²) in [6.07, 6.45) is 0. The van der Waals surface area contributed by atoms with Gasteiger partial charge in [0.1, 0.15) is 0 Å². The molecule has 0 bridgehead atoms. The second-order valence-electron chi connectivity index (χ2n) is 4.93. The summed E-state index contributed by atoms with van der Waals surface area (Å²) in [6.45, 7) is 4.12. The average Bonchev–Trinajstić information content (AvgIpc) is 2.82. The Morgan fingerprint density at radius 2 is 1.55 bits per heavy atom. The first-order valence-corrected chi connectivity index (χ1v) is 7.32. The molecule has 2 aromatic carbocycles. The summed E-state index contributed by atoms with van der Waals surface area (Å²) in [7, 11) is 0. The van der Waals surface area contributed by atoms with E-state index in [-0.39, 0.29) is 0 Å². The molecule has 0 aliphatic carbocycles. The molecule has 100 valence electrons. The van der Waals surface area contributed by atoms with Crippen molar-refractivity contribution in [2.75, 3.05) is 0 Å². The van der Waals surface area contributed by atoms with Crippen LogP contribution in [-0.2, 0) is 0 Å². The molecule has 0 unspecified atom stereocenters. The van der Waals surface area contributed by atoms with Gasteiger partial charge in [0.2, 0.25) is 0 Å². The van der Waals surface area contributed by atoms with Crippen molar-refractivity contribution in [3.05, 3.63) is 70.3 Å². The molecular weight excluding hydrogens is 312 g/mol. The molecule has 2 nitrogen and oxygen atoms in total. The molecule has 3 heteroatoms. The molecule has 0 aliphatic heterocycles. The van der Waals surface area contributed by atoms with Crippen molar-refractivity contribution in [3.63, 3.8) is 0 Å². The van der Waals surface area contributed by atoms with Gasteiger partial charge in [-0.2, -0.15) is 5.10 Å². The molecule has 3 rings (SSSR count). The summed E-state index contributed by atoms with van der Waals surface area (Å²) in [6, 6.07) is 18.8. The SMILES string of the molecule is Cc1ccc(-c2cc(C)nn2-c2ccc(Br)cc2)cc1. The molecule has 0 fully saturated rings. The van der Waals surface area contributed by atoms with Gasteiger partial charge in [-0.25, -0.2) is 4.68 Å². The summed E-state index contributed by atoms with van der Waals surface area (Å²) in [4.78, 5) is 0. The van der Waals surface area contributed by atoms with Gasteiger partial charge < -0.3 is 0 Å². The minimum atomic E-state index is 1.02. The minimum absolute atomic E-state index is 1.02. The normalized spacial score (nSPS) is 10.8. The predicted molar refractivity (Wildman–Crippen MR) is 86.2 cm³/mol. The second-order valence-corrected chi connectivity index (χ2v) is 5.84. The van der Waals surface area contributed by atoms with E-state index in [0.29, 0.717) is 0 Å².